The minimum atomic E-state index is -1.10. The Morgan fingerprint density at radius 2 is 2.10 bits per heavy atom. The quantitative estimate of drug-likeness (QED) is 0.696. The normalized spacial score (nSPS) is 20.0. The van der Waals surface area contributed by atoms with Gasteiger partial charge in [-0.2, -0.15) is 0 Å². The van der Waals surface area contributed by atoms with Crippen molar-refractivity contribution in [3.05, 3.63) is 0 Å². The molecule has 1 heterocycles. The van der Waals surface area contributed by atoms with Gasteiger partial charge in [-0.1, -0.05) is 13.8 Å². The van der Waals surface area contributed by atoms with Gasteiger partial charge in [0.1, 0.15) is 6.04 Å². The molecule has 0 aliphatic carbocycles. The van der Waals surface area contributed by atoms with E-state index in [1.807, 2.05) is 13.8 Å². The van der Waals surface area contributed by atoms with E-state index in [0.717, 1.165) is 0 Å². The number of carboxylic acid groups (broad SMARTS) is 1. The maximum Gasteiger partial charge on any atom is 0.331 e. The summed E-state index contributed by atoms with van der Waals surface area (Å²) in [6.07, 6.45) is 0.314. The molecule has 0 aromatic heterocycles. The first-order chi connectivity index (χ1) is 9.86. The fraction of sp³-hybridized carbons (Fsp3) is 0.769. The number of hydrogen-bond acceptors (Lipinski definition) is 5. The number of morpholine rings is 1. The Bertz CT molecular complexity index is 398. The van der Waals surface area contributed by atoms with Crippen LogP contribution in [0, 0.1) is 5.92 Å². The van der Waals surface area contributed by atoms with E-state index in [1.54, 1.807) is 0 Å². The molecule has 2 N–H and O–H groups in total. The third kappa shape index (κ3) is 4.89. The topological polar surface area (TPSA) is 105 Å². The Kier molecular flexibility index (Phi) is 6.41. The molecule has 1 rings (SSSR count). The number of amides is 2. The Morgan fingerprint density at radius 1 is 1.43 bits per heavy atom. The van der Waals surface area contributed by atoms with Crippen molar-refractivity contribution in [2.45, 2.75) is 32.4 Å². The molecule has 1 aliphatic rings. The monoisotopic (exact) mass is 302 g/mol. The van der Waals surface area contributed by atoms with Gasteiger partial charge in [0, 0.05) is 6.54 Å². The number of carboxylic acids is 1. The summed E-state index contributed by atoms with van der Waals surface area (Å²) in [7, 11) is 1.23. The maximum absolute atomic E-state index is 12.2. The van der Waals surface area contributed by atoms with Crippen LogP contribution in [0.4, 0.5) is 4.79 Å². The van der Waals surface area contributed by atoms with Gasteiger partial charge in [0.15, 0.2) is 6.04 Å². The molecule has 8 heteroatoms. The number of carbonyl (C=O) groups is 3. The molecule has 0 aromatic carbocycles. The van der Waals surface area contributed by atoms with E-state index in [0.29, 0.717) is 13.0 Å². The smallest absolute Gasteiger partial charge is 0.331 e. The van der Waals surface area contributed by atoms with E-state index in [2.05, 4.69) is 10.1 Å². The minimum absolute atomic E-state index is 0.0437. The van der Waals surface area contributed by atoms with Crippen LogP contribution in [0.15, 0.2) is 0 Å². The van der Waals surface area contributed by atoms with E-state index in [9.17, 15) is 14.4 Å². The Hall–Kier alpha value is -1.83. The highest BCUT2D eigenvalue weighted by atomic mass is 16.5. The minimum Gasteiger partial charge on any atom is -0.480 e. The number of nitrogens with one attached hydrogen (secondary N) is 1. The summed E-state index contributed by atoms with van der Waals surface area (Å²) in [5.74, 6) is -1.56. The van der Waals surface area contributed by atoms with Crippen LogP contribution < -0.4 is 5.32 Å². The second-order valence-corrected chi connectivity index (χ2v) is 5.28. The van der Waals surface area contributed by atoms with Crippen LogP contribution in [0.5, 0.6) is 0 Å². The van der Waals surface area contributed by atoms with Crippen LogP contribution in [0.25, 0.3) is 0 Å². The summed E-state index contributed by atoms with van der Waals surface area (Å²) in [6, 6.07) is -2.43. The number of aliphatic carboxylic acids is 1. The summed E-state index contributed by atoms with van der Waals surface area (Å²) in [6.45, 7) is 4.28. The van der Waals surface area contributed by atoms with Gasteiger partial charge in [0.25, 0.3) is 0 Å². The van der Waals surface area contributed by atoms with Gasteiger partial charge in [-0.25, -0.2) is 14.4 Å². The van der Waals surface area contributed by atoms with E-state index < -0.39 is 30.1 Å². The molecule has 2 amide bonds. The first-order valence-electron chi connectivity index (χ1n) is 6.82. The standard InChI is InChI=1S/C13H22N2O6/c1-8(2)6-9(11(16)17)14-13(19)15-4-5-21-7-10(15)12(18)20-3/h8-10H,4-7H2,1-3H3,(H,14,19)(H,16,17)/t9-,10?/m0/s1. The molecule has 0 saturated carbocycles. The molecule has 0 spiro atoms. The molecule has 0 bridgehead atoms. The van der Waals surface area contributed by atoms with Crippen LogP contribution in [0.2, 0.25) is 0 Å². The fourth-order valence-electron chi connectivity index (χ4n) is 2.10. The van der Waals surface area contributed by atoms with Crippen molar-refractivity contribution in [1.29, 1.82) is 0 Å². The number of ether oxygens (including phenoxy) is 2. The van der Waals surface area contributed by atoms with Gasteiger partial charge in [0.05, 0.1) is 20.3 Å². The highest BCUT2D eigenvalue weighted by Gasteiger charge is 2.35. The summed E-state index contributed by atoms with van der Waals surface area (Å²) in [5, 5.41) is 11.6. The first kappa shape index (κ1) is 17.2. The van der Waals surface area contributed by atoms with Gasteiger partial charge in [-0.15, -0.1) is 0 Å². The molecule has 0 radical (unpaired) electrons. The Labute approximate surface area is 123 Å². The van der Waals surface area contributed by atoms with Crippen molar-refractivity contribution in [2.75, 3.05) is 26.9 Å². The number of carbonyl (C=O) groups excluding carboxylic acids is 2. The van der Waals surface area contributed by atoms with Gasteiger partial charge in [-0.05, 0) is 12.3 Å². The highest BCUT2D eigenvalue weighted by Crippen LogP contribution is 2.11. The van der Waals surface area contributed by atoms with Crippen LogP contribution in [-0.4, -0.2) is 66.9 Å². The lowest BCUT2D eigenvalue weighted by Gasteiger charge is -2.34. The number of esters is 1. The average molecular weight is 302 g/mol. The van der Waals surface area contributed by atoms with E-state index in [4.69, 9.17) is 9.84 Å². The largest absolute Gasteiger partial charge is 0.480 e. The predicted octanol–water partition coefficient (Wildman–Crippen LogP) is 0.0691. The zero-order valence-electron chi connectivity index (χ0n) is 12.5. The van der Waals surface area contributed by atoms with Gasteiger partial charge >= 0.3 is 18.0 Å². The highest BCUT2D eigenvalue weighted by molar-refractivity contribution is 5.86. The second kappa shape index (κ2) is 7.82. The fourth-order valence-corrected chi connectivity index (χ4v) is 2.10. The third-order valence-corrected chi connectivity index (χ3v) is 3.17. The summed E-state index contributed by atoms with van der Waals surface area (Å²) in [4.78, 5) is 36.3. The number of methoxy groups -OCH3 is 1. The molecule has 1 saturated heterocycles. The molecule has 1 fully saturated rings. The summed E-state index contributed by atoms with van der Waals surface area (Å²) >= 11 is 0. The third-order valence-electron chi connectivity index (χ3n) is 3.17. The van der Waals surface area contributed by atoms with Gasteiger partial charge < -0.3 is 24.8 Å². The molecular formula is C13H22N2O6. The molecule has 1 unspecified atom stereocenters. The van der Waals surface area contributed by atoms with Crippen LogP contribution >= 0.6 is 0 Å². The zero-order chi connectivity index (χ0) is 16.0. The number of rotatable bonds is 5. The second-order valence-electron chi connectivity index (χ2n) is 5.28. The summed E-state index contributed by atoms with van der Waals surface area (Å²) in [5.41, 5.74) is 0. The lowest BCUT2D eigenvalue weighted by atomic mass is 10.0. The van der Waals surface area contributed by atoms with Crippen molar-refractivity contribution in [3.63, 3.8) is 0 Å². The molecule has 21 heavy (non-hydrogen) atoms. The lowest BCUT2D eigenvalue weighted by Crippen LogP contribution is -2.58. The molecular weight excluding hydrogens is 280 g/mol. The van der Waals surface area contributed by atoms with E-state index >= 15 is 0 Å². The summed E-state index contributed by atoms with van der Waals surface area (Å²) < 4.78 is 9.79. The predicted molar refractivity (Wildman–Crippen MR) is 72.7 cm³/mol. The number of urea groups is 1. The Morgan fingerprint density at radius 3 is 2.62 bits per heavy atom. The van der Waals surface area contributed by atoms with Crippen molar-refractivity contribution in [1.82, 2.24) is 10.2 Å². The number of hydrogen-bond donors (Lipinski definition) is 2. The molecule has 0 aromatic rings. The van der Waals surface area contributed by atoms with Crippen molar-refractivity contribution in [3.8, 4) is 0 Å². The molecule has 8 nitrogen and oxygen atoms in total. The van der Waals surface area contributed by atoms with Crippen molar-refractivity contribution >= 4 is 18.0 Å². The average Bonchev–Trinajstić information content (AvgIpc) is 2.45. The van der Waals surface area contributed by atoms with Crippen LogP contribution in [-0.2, 0) is 19.1 Å². The van der Waals surface area contributed by atoms with Gasteiger partial charge in [0.2, 0.25) is 0 Å². The lowest BCUT2D eigenvalue weighted by molar-refractivity contribution is -0.151. The van der Waals surface area contributed by atoms with Gasteiger partial charge in [-0.3, -0.25) is 0 Å². The number of nitrogens with zero attached hydrogens (tertiary/aromatic N) is 1. The van der Waals surface area contributed by atoms with Crippen molar-refractivity contribution < 1.29 is 29.0 Å². The van der Waals surface area contributed by atoms with Crippen LogP contribution in [0.1, 0.15) is 20.3 Å². The SMILES string of the molecule is COC(=O)C1COCCN1C(=O)N[C@@H](CC(C)C)C(=O)O. The first-order valence-corrected chi connectivity index (χ1v) is 6.82. The molecule has 1 aliphatic heterocycles. The Balaban J connectivity index is 2.74. The van der Waals surface area contributed by atoms with E-state index in [1.165, 1.54) is 12.0 Å². The maximum atomic E-state index is 12.2. The van der Waals surface area contributed by atoms with Crippen molar-refractivity contribution in [2.24, 2.45) is 5.92 Å². The van der Waals surface area contributed by atoms with E-state index in [-0.39, 0.29) is 19.1 Å². The van der Waals surface area contributed by atoms with Crippen LogP contribution in [0.3, 0.4) is 0 Å². The molecule has 120 valence electrons. The zero-order valence-corrected chi connectivity index (χ0v) is 12.5. The molecule has 2 atom stereocenters.